The van der Waals surface area contributed by atoms with E-state index in [9.17, 15) is 4.79 Å². The Bertz CT molecular complexity index is 628. The van der Waals surface area contributed by atoms with E-state index in [0.29, 0.717) is 21.3 Å². The summed E-state index contributed by atoms with van der Waals surface area (Å²) in [5.74, 6) is -0.258. The Morgan fingerprint density at radius 1 is 1.16 bits per heavy atom. The van der Waals surface area contributed by atoms with Crippen molar-refractivity contribution >= 4 is 73.3 Å². The second-order valence-electron chi connectivity index (χ2n) is 3.74. The summed E-state index contributed by atoms with van der Waals surface area (Å²) in [5, 5.41) is 3.75. The molecule has 0 atom stereocenters. The van der Waals surface area contributed by atoms with Crippen LogP contribution in [0.3, 0.4) is 0 Å². The molecule has 6 heteroatoms. The van der Waals surface area contributed by atoms with Crippen molar-refractivity contribution in [3.63, 3.8) is 0 Å². The molecule has 0 aliphatic heterocycles. The normalized spacial score (nSPS) is 10.3. The molecule has 2 rings (SSSR count). The largest absolute Gasteiger partial charge is 0.321 e. The van der Waals surface area contributed by atoms with Crippen molar-refractivity contribution in [2.75, 3.05) is 5.32 Å². The summed E-state index contributed by atoms with van der Waals surface area (Å²) in [6, 6.07) is 10.4. The SMILES string of the molecule is O=C(Nc1ccc(I)cc1Cl)c1cc(Cl)cc(Br)c1. The maximum atomic E-state index is 12.1. The first-order valence-electron chi connectivity index (χ1n) is 5.18. The molecule has 0 saturated carbocycles. The second-order valence-corrected chi connectivity index (χ2v) is 6.74. The zero-order valence-electron chi connectivity index (χ0n) is 9.38. The van der Waals surface area contributed by atoms with Crippen LogP contribution in [-0.2, 0) is 0 Å². The molecule has 2 aromatic rings. The fourth-order valence-electron chi connectivity index (χ4n) is 1.47. The first-order chi connectivity index (χ1) is 8.95. The van der Waals surface area contributed by atoms with Crippen LogP contribution < -0.4 is 5.32 Å². The first kappa shape index (κ1) is 15.1. The van der Waals surface area contributed by atoms with Crippen LogP contribution in [0.4, 0.5) is 5.69 Å². The highest BCUT2D eigenvalue weighted by atomic mass is 127. The molecule has 0 heterocycles. The molecular formula is C13H7BrCl2INO. The number of carbonyl (C=O) groups excluding carboxylic acids is 1. The molecule has 1 N–H and O–H groups in total. The topological polar surface area (TPSA) is 29.1 Å². The van der Waals surface area contributed by atoms with Gasteiger partial charge in [0.1, 0.15) is 0 Å². The molecule has 0 unspecified atom stereocenters. The number of anilines is 1. The van der Waals surface area contributed by atoms with Gasteiger partial charge in [-0.25, -0.2) is 0 Å². The van der Waals surface area contributed by atoms with Crippen LogP contribution in [0.1, 0.15) is 10.4 Å². The molecule has 2 nitrogen and oxygen atoms in total. The molecule has 0 saturated heterocycles. The van der Waals surface area contributed by atoms with Gasteiger partial charge < -0.3 is 5.32 Å². The lowest BCUT2D eigenvalue weighted by molar-refractivity contribution is 0.102. The molecule has 98 valence electrons. The Hall–Kier alpha value is -0.300. The van der Waals surface area contributed by atoms with Gasteiger partial charge in [0.05, 0.1) is 10.7 Å². The molecule has 0 aliphatic carbocycles. The maximum Gasteiger partial charge on any atom is 0.255 e. The average molecular weight is 471 g/mol. The predicted molar refractivity (Wildman–Crippen MR) is 91.3 cm³/mol. The van der Waals surface area contributed by atoms with Gasteiger partial charge in [-0.15, -0.1) is 0 Å². The van der Waals surface area contributed by atoms with Gasteiger partial charge in [0.2, 0.25) is 0 Å². The van der Waals surface area contributed by atoms with E-state index in [0.717, 1.165) is 8.04 Å². The Balaban J connectivity index is 2.25. The quantitative estimate of drug-likeness (QED) is 0.568. The van der Waals surface area contributed by atoms with Gasteiger partial charge in [-0.1, -0.05) is 39.1 Å². The van der Waals surface area contributed by atoms with Gasteiger partial charge in [0.25, 0.3) is 5.91 Å². The number of benzene rings is 2. The zero-order chi connectivity index (χ0) is 14.0. The van der Waals surface area contributed by atoms with E-state index in [2.05, 4.69) is 43.8 Å². The van der Waals surface area contributed by atoms with E-state index < -0.39 is 0 Å². The van der Waals surface area contributed by atoms with Gasteiger partial charge in [-0.3, -0.25) is 4.79 Å². The second kappa shape index (κ2) is 6.43. The Morgan fingerprint density at radius 2 is 1.89 bits per heavy atom. The minimum Gasteiger partial charge on any atom is -0.321 e. The molecule has 1 amide bonds. The first-order valence-corrected chi connectivity index (χ1v) is 7.81. The van der Waals surface area contributed by atoms with E-state index >= 15 is 0 Å². The van der Waals surface area contributed by atoms with Crippen molar-refractivity contribution in [1.82, 2.24) is 0 Å². The zero-order valence-corrected chi connectivity index (χ0v) is 14.6. The summed E-state index contributed by atoms with van der Waals surface area (Å²) in [7, 11) is 0. The lowest BCUT2D eigenvalue weighted by atomic mass is 10.2. The number of amides is 1. The predicted octanol–water partition coefficient (Wildman–Crippen LogP) is 5.61. The number of halogens is 4. The van der Waals surface area contributed by atoms with Gasteiger partial charge in [0.15, 0.2) is 0 Å². The van der Waals surface area contributed by atoms with Gasteiger partial charge in [0, 0.05) is 18.6 Å². The number of hydrogen-bond donors (Lipinski definition) is 1. The van der Waals surface area contributed by atoms with E-state index in [4.69, 9.17) is 23.2 Å². The number of hydrogen-bond acceptors (Lipinski definition) is 1. The van der Waals surface area contributed by atoms with Gasteiger partial charge >= 0.3 is 0 Å². The lowest BCUT2D eigenvalue weighted by Crippen LogP contribution is -2.12. The summed E-state index contributed by atoms with van der Waals surface area (Å²) in [6.07, 6.45) is 0. The third-order valence-corrected chi connectivity index (χ3v) is 3.96. The standard InChI is InChI=1S/C13H7BrCl2INO/c14-8-3-7(4-9(15)5-8)13(19)18-12-2-1-10(17)6-11(12)16/h1-6H,(H,18,19). The molecule has 0 radical (unpaired) electrons. The van der Waals surface area contributed by atoms with Crippen molar-refractivity contribution < 1.29 is 4.79 Å². The van der Waals surface area contributed by atoms with Crippen molar-refractivity contribution in [2.45, 2.75) is 0 Å². The summed E-state index contributed by atoms with van der Waals surface area (Å²) in [5.41, 5.74) is 1.04. The third kappa shape index (κ3) is 4.08. The number of nitrogens with one attached hydrogen (secondary N) is 1. The van der Waals surface area contributed by atoms with Crippen molar-refractivity contribution in [3.8, 4) is 0 Å². The van der Waals surface area contributed by atoms with E-state index in [1.165, 1.54) is 0 Å². The fraction of sp³-hybridized carbons (Fsp3) is 0. The highest BCUT2D eigenvalue weighted by molar-refractivity contribution is 14.1. The van der Waals surface area contributed by atoms with Gasteiger partial charge in [-0.05, 0) is 59.0 Å². The summed E-state index contributed by atoms with van der Waals surface area (Å²) in [4.78, 5) is 12.1. The third-order valence-electron chi connectivity index (χ3n) is 2.30. The Labute approximate surface area is 142 Å². The Morgan fingerprint density at radius 3 is 2.53 bits per heavy atom. The van der Waals surface area contributed by atoms with E-state index in [1.54, 1.807) is 30.3 Å². The molecule has 0 aliphatic rings. The summed E-state index contributed by atoms with van der Waals surface area (Å²) in [6.45, 7) is 0. The number of rotatable bonds is 2. The van der Waals surface area contributed by atoms with Crippen LogP contribution in [0, 0.1) is 3.57 Å². The molecule has 0 fully saturated rings. The van der Waals surface area contributed by atoms with Crippen LogP contribution >= 0.6 is 61.7 Å². The molecule has 0 spiro atoms. The van der Waals surface area contributed by atoms with Gasteiger partial charge in [-0.2, -0.15) is 0 Å². The van der Waals surface area contributed by atoms with Crippen LogP contribution in [0.15, 0.2) is 40.9 Å². The van der Waals surface area contributed by atoms with Crippen LogP contribution in [0.25, 0.3) is 0 Å². The molecule has 19 heavy (non-hydrogen) atoms. The monoisotopic (exact) mass is 469 g/mol. The molecule has 2 aromatic carbocycles. The smallest absolute Gasteiger partial charge is 0.255 e. The maximum absolute atomic E-state index is 12.1. The summed E-state index contributed by atoms with van der Waals surface area (Å²) < 4.78 is 1.75. The lowest BCUT2D eigenvalue weighted by Gasteiger charge is -2.08. The highest BCUT2D eigenvalue weighted by Gasteiger charge is 2.10. The molecule has 0 bridgehead atoms. The summed E-state index contributed by atoms with van der Waals surface area (Å²) >= 11 is 17.4. The molecular weight excluding hydrogens is 464 g/mol. The highest BCUT2D eigenvalue weighted by Crippen LogP contribution is 2.25. The van der Waals surface area contributed by atoms with E-state index in [-0.39, 0.29) is 5.91 Å². The van der Waals surface area contributed by atoms with E-state index in [1.807, 2.05) is 6.07 Å². The van der Waals surface area contributed by atoms with Crippen LogP contribution in [0.2, 0.25) is 10.0 Å². The minimum absolute atomic E-state index is 0.258. The number of carbonyl (C=O) groups is 1. The minimum atomic E-state index is -0.258. The van der Waals surface area contributed by atoms with Crippen molar-refractivity contribution in [3.05, 3.63) is 60.0 Å². The van der Waals surface area contributed by atoms with Crippen molar-refractivity contribution in [2.24, 2.45) is 0 Å². The average Bonchev–Trinajstić information content (AvgIpc) is 2.31. The van der Waals surface area contributed by atoms with Crippen LogP contribution in [0.5, 0.6) is 0 Å². The molecule has 0 aromatic heterocycles. The Kier molecular flexibility index (Phi) is 5.11. The van der Waals surface area contributed by atoms with Crippen LogP contribution in [-0.4, -0.2) is 5.91 Å². The fourth-order valence-corrected chi connectivity index (χ4v) is 3.23. The van der Waals surface area contributed by atoms with Crippen molar-refractivity contribution in [1.29, 1.82) is 0 Å².